The number of hydrogen-bond acceptors (Lipinski definition) is 6. The fourth-order valence-electron chi connectivity index (χ4n) is 1.38. The Kier molecular flexibility index (Phi) is 4.25. The summed E-state index contributed by atoms with van der Waals surface area (Å²) >= 11 is 2.60. The van der Waals surface area contributed by atoms with E-state index in [9.17, 15) is 9.59 Å². The van der Waals surface area contributed by atoms with Crippen LogP contribution in [-0.2, 0) is 11.2 Å². The van der Waals surface area contributed by atoms with Gasteiger partial charge in [-0.2, -0.15) is 11.3 Å². The Morgan fingerprint density at radius 2 is 2.26 bits per heavy atom. The topological polar surface area (TPSA) is 105 Å². The predicted octanol–water partition coefficient (Wildman–Crippen LogP) is 1.41. The van der Waals surface area contributed by atoms with Gasteiger partial charge >= 0.3 is 5.97 Å². The molecular weight excluding hydrogens is 286 g/mol. The van der Waals surface area contributed by atoms with Crippen molar-refractivity contribution < 1.29 is 14.7 Å². The zero-order valence-electron chi connectivity index (χ0n) is 9.70. The molecule has 0 fully saturated rings. The highest BCUT2D eigenvalue weighted by atomic mass is 32.1. The molecule has 100 valence electrons. The minimum atomic E-state index is -1.13. The third-order valence-electron chi connectivity index (χ3n) is 2.33. The lowest BCUT2D eigenvalue weighted by Gasteiger charge is -2.09. The number of amides is 1. The molecule has 0 unspecified atom stereocenters. The zero-order chi connectivity index (χ0) is 13.8. The number of nitrogens with one attached hydrogen (secondary N) is 1. The van der Waals surface area contributed by atoms with Crippen LogP contribution in [0.4, 0.5) is 5.13 Å². The van der Waals surface area contributed by atoms with Crippen molar-refractivity contribution in [3.8, 4) is 0 Å². The van der Waals surface area contributed by atoms with Crippen LogP contribution < -0.4 is 11.1 Å². The Hall–Kier alpha value is -1.77. The van der Waals surface area contributed by atoms with Crippen molar-refractivity contribution in [2.45, 2.75) is 12.5 Å². The predicted molar refractivity (Wildman–Crippen MR) is 73.7 cm³/mol. The SMILES string of the molecule is N[C@@H](Cc1ccsc1)C(=O)Nc1nc(C(=O)O)cs1. The Morgan fingerprint density at radius 1 is 1.47 bits per heavy atom. The van der Waals surface area contributed by atoms with Crippen molar-refractivity contribution in [3.05, 3.63) is 33.5 Å². The third-order valence-corrected chi connectivity index (χ3v) is 3.82. The first-order valence-electron chi connectivity index (χ1n) is 5.32. The molecule has 0 saturated carbocycles. The Labute approximate surface area is 116 Å². The Balaban J connectivity index is 1.94. The van der Waals surface area contributed by atoms with Crippen molar-refractivity contribution in [2.75, 3.05) is 5.32 Å². The molecule has 0 spiro atoms. The summed E-state index contributed by atoms with van der Waals surface area (Å²) in [5.74, 6) is -1.50. The summed E-state index contributed by atoms with van der Waals surface area (Å²) in [6.07, 6.45) is 0.437. The summed E-state index contributed by atoms with van der Waals surface area (Å²) in [5, 5.41) is 16.7. The van der Waals surface area contributed by atoms with Crippen LogP contribution in [-0.4, -0.2) is 28.0 Å². The van der Waals surface area contributed by atoms with Crippen LogP contribution in [0.3, 0.4) is 0 Å². The monoisotopic (exact) mass is 297 g/mol. The van der Waals surface area contributed by atoms with Crippen molar-refractivity contribution in [1.82, 2.24) is 4.98 Å². The zero-order valence-corrected chi connectivity index (χ0v) is 11.3. The Morgan fingerprint density at radius 3 is 2.84 bits per heavy atom. The molecule has 19 heavy (non-hydrogen) atoms. The van der Waals surface area contributed by atoms with E-state index in [0.717, 1.165) is 16.9 Å². The van der Waals surface area contributed by atoms with Crippen molar-refractivity contribution in [1.29, 1.82) is 0 Å². The van der Waals surface area contributed by atoms with Crippen LogP contribution in [0.15, 0.2) is 22.2 Å². The summed E-state index contributed by atoms with van der Waals surface area (Å²) in [4.78, 5) is 26.2. The summed E-state index contributed by atoms with van der Waals surface area (Å²) in [5.41, 5.74) is 6.68. The molecule has 0 radical (unpaired) electrons. The smallest absolute Gasteiger partial charge is 0.355 e. The molecule has 0 aromatic carbocycles. The summed E-state index contributed by atoms with van der Waals surface area (Å²) in [6, 6.07) is 1.22. The highest BCUT2D eigenvalue weighted by molar-refractivity contribution is 7.14. The van der Waals surface area contributed by atoms with Crippen molar-refractivity contribution in [3.63, 3.8) is 0 Å². The van der Waals surface area contributed by atoms with Gasteiger partial charge in [0.05, 0.1) is 6.04 Å². The molecule has 0 saturated heterocycles. The molecule has 0 aliphatic rings. The van der Waals surface area contributed by atoms with E-state index < -0.39 is 12.0 Å². The average molecular weight is 297 g/mol. The number of carbonyl (C=O) groups excluding carboxylic acids is 1. The summed E-state index contributed by atoms with van der Waals surface area (Å²) in [6.45, 7) is 0. The number of carboxylic acids is 1. The molecule has 0 aliphatic heterocycles. The number of nitrogens with two attached hydrogens (primary N) is 1. The van der Waals surface area contributed by atoms with Gasteiger partial charge in [0.25, 0.3) is 0 Å². The minimum Gasteiger partial charge on any atom is -0.476 e. The number of hydrogen-bond donors (Lipinski definition) is 3. The second kappa shape index (κ2) is 5.91. The maximum absolute atomic E-state index is 11.8. The van der Waals surface area contributed by atoms with E-state index >= 15 is 0 Å². The molecule has 2 aromatic rings. The van der Waals surface area contributed by atoms with Gasteiger partial charge in [-0.1, -0.05) is 0 Å². The van der Waals surface area contributed by atoms with Crippen LogP contribution >= 0.6 is 22.7 Å². The molecule has 0 bridgehead atoms. The molecule has 2 aromatic heterocycles. The molecule has 0 aliphatic carbocycles. The van der Waals surface area contributed by atoms with Gasteiger partial charge < -0.3 is 16.2 Å². The normalized spacial score (nSPS) is 12.1. The number of rotatable bonds is 5. The number of thiophene rings is 1. The quantitative estimate of drug-likeness (QED) is 0.774. The van der Waals surface area contributed by atoms with Gasteiger partial charge in [0, 0.05) is 5.38 Å². The van der Waals surface area contributed by atoms with E-state index in [0.29, 0.717) is 6.42 Å². The first-order valence-corrected chi connectivity index (χ1v) is 7.15. The number of aromatic nitrogens is 1. The molecular formula is C11H11N3O3S2. The van der Waals surface area contributed by atoms with Crippen molar-refractivity contribution >= 4 is 39.7 Å². The van der Waals surface area contributed by atoms with Gasteiger partial charge in [0.1, 0.15) is 0 Å². The number of thiazole rings is 1. The average Bonchev–Trinajstić information content (AvgIpc) is 2.99. The first-order chi connectivity index (χ1) is 9.06. The van der Waals surface area contributed by atoms with E-state index in [1.807, 2.05) is 16.8 Å². The van der Waals surface area contributed by atoms with Gasteiger partial charge in [-0.05, 0) is 28.8 Å². The number of carbonyl (C=O) groups is 2. The molecule has 2 heterocycles. The van der Waals surface area contributed by atoms with Gasteiger partial charge in [0.2, 0.25) is 5.91 Å². The van der Waals surface area contributed by atoms with Gasteiger partial charge in [-0.15, -0.1) is 11.3 Å². The fourth-order valence-corrected chi connectivity index (χ4v) is 2.75. The summed E-state index contributed by atoms with van der Waals surface area (Å²) in [7, 11) is 0. The molecule has 2 rings (SSSR count). The summed E-state index contributed by atoms with van der Waals surface area (Å²) < 4.78 is 0. The van der Waals surface area contributed by atoms with E-state index in [-0.39, 0.29) is 16.7 Å². The Bertz CT molecular complexity index is 580. The van der Waals surface area contributed by atoms with E-state index in [1.165, 1.54) is 5.38 Å². The molecule has 6 nitrogen and oxygen atoms in total. The third kappa shape index (κ3) is 3.60. The maximum Gasteiger partial charge on any atom is 0.355 e. The maximum atomic E-state index is 11.8. The van der Waals surface area contributed by atoms with Gasteiger partial charge in [-0.25, -0.2) is 9.78 Å². The van der Waals surface area contributed by atoms with Crippen LogP contribution in [0.5, 0.6) is 0 Å². The second-order valence-electron chi connectivity index (χ2n) is 3.77. The van der Waals surface area contributed by atoms with Crippen molar-refractivity contribution in [2.24, 2.45) is 5.73 Å². The van der Waals surface area contributed by atoms with E-state index in [1.54, 1.807) is 11.3 Å². The molecule has 1 atom stereocenters. The number of nitrogens with zero attached hydrogens (tertiary/aromatic N) is 1. The first kappa shape index (κ1) is 13.7. The fraction of sp³-hybridized carbons (Fsp3) is 0.182. The van der Waals surface area contributed by atoms with Crippen LogP contribution in [0.1, 0.15) is 16.1 Å². The number of carboxylic acid groups (broad SMARTS) is 1. The molecule has 8 heteroatoms. The van der Waals surface area contributed by atoms with E-state index in [2.05, 4.69) is 10.3 Å². The molecule has 4 N–H and O–H groups in total. The highest BCUT2D eigenvalue weighted by Crippen LogP contribution is 2.16. The highest BCUT2D eigenvalue weighted by Gasteiger charge is 2.17. The van der Waals surface area contributed by atoms with Crippen LogP contribution in [0, 0.1) is 0 Å². The minimum absolute atomic E-state index is 0.0910. The lowest BCUT2D eigenvalue weighted by molar-refractivity contribution is -0.117. The lowest BCUT2D eigenvalue weighted by atomic mass is 10.1. The standard InChI is InChI=1S/C11H11N3O3S2/c12-7(3-6-1-2-18-4-6)9(15)14-11-13-8(5-19-11)10(16)17/h1-2,4-5,7H,3,12H2,(H,16,17)(H,13,14,15)/t7-/m0/s1. The van der Waals surface area contributed by atoms with Crippen LogP contribution in [0.2, 0.25) is 0 Å². The number of aromatic carboxylic acids is 1. The van der Waals surface area contributed by atoms with E-state index in [4.69, 9.17) is 10.8 Å². The lowest BCUT2D eigenvalue weighted by Crippen LogP contribution is -2.37. The second-order valence-corrected chi connectivity index (χ2v) is 5.41. The largest absolute Gasteiger partial charge is 0.476 e. The van der Waals surface area contributed by atoms with Gasteiger partial charge in [0.15, 0.2) is 10.8 Å². The molecule has 1 amide bonds. The van der Waals surface area contributed by atoms with Gasteiger partial charge in [-0.3, -0.25) is 4.79 Å². The number of anilines is 1. The van der Waals surface area contributed by atoms with Crippen LogP contribution in [0.25, 0.3) is 0 Å².